The van der Waals surface area contributed by atoms with E-state index in [-0.39, 0.29) is 5.78 Å². The highest BCUT2D eigenvalue weighted by molar-refractivity contribution is 8.01. The lowest BCUT2D eigenvalue weighted by Crippen LogP contribution is -2.07. The smallest absolute Gasteiger partial charge is 0.206 e. The highest BCUT2D eigenvalue weighted by atomic mass is 32.2. The first-order valence-corrected chi connectivity index (χ1v) is 9.35. The van der Waals surface area contributed by atoms with Gasteiger partial charge in [-0.25, -0.2) is 0 Å². The molecule has 0 aliphatic heterocycles. The molecule has 5 nitrogen and oxygen atoms in total. The van der Waals surface area contributed by atoms with Crippen molar-refractivity contribution < 1.29 is 9.53 Å². The molecule has 0 unspecified atom stereocenters. The molecule has 0 aliphatic rings. The van der Waals surface area contributed by atoms with Crippen LogP contribution in [0.5, 0.6) is 5.75 Å². The second-order valence-electron chi connectivity index (χ2n) is 5.32. The fraction of sp³-hybridized carbons (Fsp3) is 0.438. The quantitative estimate of drug-likeness (QED) is 0.544. The zero-order valence-corrected chi connectivity index (χ0v) is 15.2. The summed E-state index contributed by atoms with van der Waals surface area (Å²) in [6, 6.07) is 7.23. The van der Waals surface area contributed by atoms with E-state index in [9.17, 15) is 4.79 Å². The van der Waals surface area contributed by atoms with E-state index in [2.05, 4.69) is 29.4 Å². The minimum atomic E-state index is 0.0740. The molecule has 1 N–H and O–H groups in total. The van der Waals surface area contributed by atoms with E-state index in [4.69, 9.17) is 4.74 Å². The van der Waals surface area contributed by atoms with Gasteiger partial charge >= 0.3 is 0 Å². The van der Waals surface area contributed by atoms with Gasteiger partial charge < -0.3 is 10.1 Å². The van der Waals surface area contributed by atoms with E-state index in [1.165, 1.54) is 23.1 Å². The van der Waals surface area contributed by atoms with Crippen LogP contribution in [0, 0.1) is 5.92 Å². The van der Waals surface area contributed by atoms with Gasteiger partial charge in [0.2, 0.25) is 5.13 Å². The fourth-order valence-corrected chi connectivity index (χ4v) is 3.40. The number of carbonyl (C=O) groups is 1. The summed E-state index contributed by atoms with van der Waals surface area (Å²) in [7, 11) is 0. The van der Waals surface area contributed by atoms with Gasteiger partial charge in [-0.15, -0.1) is 10.2 Å². The van der Waals surface area contributed by atoms with Gasteiger partial charge in [-0.2, -0.15) is 0 Å². The van der Waals surface area contributed by atoms with E-state index < -0.39 is 0 Å². The molecule has 1 aromatic heterocycles. The maximum atomic E-state index is 12.2. The third-order valence-electron chi connectivity index (χ3n) is 2.88. The second kappa shape index (κ2) is 8.88. The molecule has 2 rings (SSSR count). The number of aromatic nitrogens is 2. The Morgan fingerprint density at radius 3 is 2.70 bits per heavy atom. The van der Waals surface area contributed by atoms with Crippen LogP contribution in [0.3, 0.4) is 0 Å². The van der Waals surface area contributed by atoms with Crippen LogP contribution < -0.4 is 10.1 Å². The van der Waals surface area contributed by atoms with Crippen LogP contribution in [-0.2, 0) is 0 Å². The van der Waals surface area contributed by atoms with Gasteiger partial charge in [0, 0.05) is 12.1 Å². The predicted octanol–water partition coefficient (Wildman–Crippen LogP) is 3.98. The van der Waals surface area contributed by atoms with Gasteiger partial charge in [-0.05, 0) is 37.1 Å². The molecule has 1 heterocycles. The summed E-state index contributed by atoms with van der Waals surface area (Å²) in [6.45, 7) is 7.69. The van der Waals surface area contributed by atoms with E-state index in [1.54, 1.807) is 12.1 Å². The van der Waals surface area contributed by atoms with Crippen LogP contribution in [0.1, 0.15) is 31.1 Å². The van der Waals surface area contributed by atoms with E-state index in [0.717, 1.165) is 21.8 Å². The first-order valence-electron chi connectivity index (χ1n) is 7.54. The van der Waals surface area contributed by atoms with Crippen molar-refractivity contribution in [2.45, 2.75) is 25.1 Å². The number of benzene rings is 1. The number of ketones is 1. The number of ether oxygens (including phenoxy) is 1. The van der Waals surface area contributed by atoms with Gasteiger partial charge in [-0.3, -0.25) is 4.79 Å². The van der Waals surface area contributed by atoms with Crippen LogP contribution in [0.15, 0.2) is 28.6 Å². The molecule has 0 saturated carbocycles. The van der Waals surface area contributed by atoms with Crippen LogP contribution in [-0.4, -0.2) is 34.9 Å². The maximum absolute atomic E-state index is 12.2. The zero-order chi connectivity index (χ0) is 16.7. The lowest BCUT2D eigenvalue weighted by atomic mass is 10.1. The summed E-state index contributed by atoms with van der Waals surface area (Å²) < 4.78 is 6.17. The van der Waals surface area contributed by atoms with Crippen molar-refractivity contribution in [3.63, 3.8) is 0 Å². The van der Waals surface area contributed by atoms with Crippen molar-refractivity contribution >= 4 is 34.0 Å². The second-order valence-corrected chi connectivity index (χ2v) is 7.52. The Morgan fingerprint density at radius 1 is 1.30 bits per heavy atom. The minimum absolute atomic E-state index is 0.0740. The SMILES string of the molecule is CCOc1ccc(C(=O)CSc2nnc(NCC(C)C)s2)cc1. The largest absolute Gasteiger partial charge is 0.494 e. The molecule has 0 saturated heterocycles. The molecule has 124 valence electrons. The van der Waals surface area contributed by atoms with E-state index >= 15 is 0 Å². The molecule has 0 spiro atoms. The van der Waals surface area contributed by atoms with Crippen LogP contribution >= 0.6 is 23.1 Å². The number of nitrogens with zero attached hydrogens (tertiary/aromatic N) is 2. The van der Waals surface area contributed by atoms with Crippen LogP contribution in [0.4, 0.5) is 5.13 Å². The van der Waals surface area contributed by atoms with Crippen molar-refractivity contribution in [3.05, 3.63) is 29.8 Å². The van der Waals surface area contributed by atoms with Crippen molar-refractivity contribution in [2.75, 3.05) is 24.2 Å². The number of carbonyl (C=O) groups excluding carboxylic acids is 1. The van der Waals surface area contributed by atoms with Gasteiger partial charge in [-0.1, -0.05) is 36.9 Å². The Labute approximate surface area is 144 Å². The third-order valence-corrected chi connectivity index (χ3v) is 4.90. The molecule has 0 radical (unpaired) electrons. The molecule has 0 atom stereocenters. The molecule has 0 fully saturated rings. The third kappa shape index (κ3) is 5.84. The number of rotatable bonds is 9. The summed E-state index contributed by atoms with van der Waals surface area (Å²) in [4.78, 5) is 12.2. The fourth-order valence-electron chi connectivity index (χ4n) is 1.75. The molecule has 23 heavy (non-hydrogen) atoms. The number of anilines is 1. The number of hydrogen-bond donors (Lipinski definition) is 1. The highest BCUT2D eigenvalue weighted by Crippen LogP contribution is 2.26. The van der Waals surface area contributed by atoms with Crippen LogP contribution in [0.2, 0.25) is 0 Å². The molecular weight excluding hydrogens is 330 g/mol. The van der Waals surface area contributed by atoms with Crippen molar-refractivity contribution in [1.82, 2.24) is 10.2 Å². The average Bonchev–Trinajstić information content (AvgIpc) is 2.99. The first kappa shape index (κ1) is 17.7. The Kier molecular flexibility index (Phi) is 6.85. The summed E-state index contributed by atoms with van der Waals surface area (Å²) in [5, 5.41) is 12.2. The van der Waals surface area contributed by atoms with Gasteiger partial charge in [0.15, 0.2) is 10.1 Å². The number of Topliss-reactive ketones (excluding diaryl/α,β-unsaturated/α-hetero) is 1. The monoisotopic (exact) mass is 351 g/mol. The van der Waals surface area contributed by atoms with Gasteiger partial charge in [0.25, 0.3) is 0 Å². The molecular formula is C16H21N3O2S2. The van der Waals surface area contributed by atoms with Crippen molar-refractivity contribution in [1.29, 1.82) is 0 Å². The average molecular weight is 351 g/mol. The van der Waals surface area contributed by atoms with Crippen molar-refractivity contribution in [3.8, 4) is 5.75 Å². The van der Waals surface area contributed by atoms with Gasteiger partial charge in [0.1, 0.15) is 5.75 Å². The Bertz CT molecular complexity index is 627. The molecule has 7 heteroatoms. The topological polar surface area (TPSA) is 64.1 Å². The first-order chi connectivity index (χ1) is 11.1. The maximum Gasteiger partial charge on any atom is 0.206 e. The molecule has 2 aromatic rings. The summed E-state index contributed by atoms with van der Waals surface area (Å²) in [5.74, 6) is 1.76. The Hall–Kier alpha value is -1.60. The predicted molar refractivity (Wildman–Crippen MR) is 95.9 cm³/mol. The number of hydrogen-bond acceptors (Lipinski definition) is 7. The standard InChI is InChI=1S/C16H21N3O2S2/c1-4-21-13-7-5-12(6-8-13)14(20)10-22-16-19-18-15(23-16)17-9-11(2)3/h5-8,11H,4,9-10H2,1-3H3,(H,17,18). The lowest BCUT2D eigenvalue weighted by molar-refractivity contribution is 0.102. The van der Waals surface area contributed by atoms with Gasteiger partial charge in [0.05, 0.1) is 12.4 Å². The summed E-state index contributed by atoms with van der Waals surface area (Å²) in [6.07, 6.45) is 0. The molecule has 0 bridgehead atoms. The summed E-state index contributed by atoms with van der Waals surface area (Å²) >= 11 is 2.90. The Balaban J connectivity index is 1.84. The van der Waals surface area contributed by atoms with Crippen molar-refractivity contribution in [2.24, 2.45) is 5.92 Å². The Morgan fingerprint density at radius 2 is 2.04 bits per heavy atom. The summed E-state index contributed by atoms with van der Waals surface area (Å²) in [5.41, 5.74) is 0.684. The van der Waals surface area contributed by atoms with E-state index in [0.29, 0.717) is 23.8 Å². The van der Waals surface area contributed by atoms with Crippen LogP contribution in [0.25, 0.3) is 0 Å². The van der Waals surface area contributed by atoms with E-state index in [1.807, 2.05) is 19.1 Å². The number of thioether (sulfide) groups is 1. The lowest BCUT2D eigenvalue weighted by Gasteiger charge is -2.04. The zero-order valence-electron chi connectivity index (χ0n) is 13.5. The highest BCUT2D eigenvalue weighted by Gasteiger charge is 2.10. The minimum Gasteiger partial charge on any atom is -0.494 e. The normalized spacial score (nSPS) is 10.8. The molecule has 1 aromatic carbocycles. The molecule has 0 aliphatic carbocycles. The number of nitrogens with one attached hydrogen (secondary N) is 1. The molecule has 0 amide bonds.